The number of ether oxygens (including phenoxy) is 1. The predicted octanol–water partition coefficient (Wildman–Crippen LogP) is 4.38. The molecule has 1 N–H and O–H groups in total. The molecular weight excluding hydrogens is 460 g/mol. The molecule has 4 aliphatic carbocycles. The molecule has 0 radical (unpaired) electrons. The quantitative estimate of drug-likeness (QED) is 0.695. The summed E-state index contributed by atoms with van der Waals surface area (Å²) in [6.45, 7) is -0.0693. The number of fused-ring (bicyclic) bond motifs is 1. The van der Waals surface area contributed by atoms with Gasteiger partial charge in [-0.25, -0.2) is 8.42 Å². The van der Waals surface area contributed by atoms with Crippen molar-refractivity contribution in [2.45, 2.75) is 55.1 Å². The lowest BCUT2D eigenvalue weighted by Gasteiger charge is -2.57. The molecule has 4 bridgehead atoms. The molecule has 0 aromatic heterocycles. The third-order valence-electron chi connectivity index (χ3n) is 7.86. The summed E-state index contributed by atoms with van der Waals surface area (Å²) in [5, 5.41) is 3.80. The van der Waals surface area contributed by atoms with Crippen molar-refractivity contribution in [1.29, 1.82) is 0 Å². The highest BCUT2D eigenvalue weighted by Crippen LogP contribution is 2.55. The van der Waals surface area contributed by atoms with Gasteiger partial charge in [0.15, 0.2) is 6.10 Å². The van der Waals surface area contributed by atoms with Gasteiger partial charge in [0.25, 0.3) is 15.9 Å². The molecule has 4 fully saturated rings. The Kier molecular flexibility index (Phi) is 4.93. The second-order valence-corrected chi connectivity index (χ2v) is 12.6. The second-order valence-electron chi connectivity index (χ2n) is 10.3. The minimum atomic E-state index is -3.90. The summed E-state index contributed by atoms with van der Waals surface area (Å²) < 4.78 is 34.4. The Balaban J connectivity index is 1.29. The average Bonchev–Trinajstić information content (AvgIpc) is 2.77. The van der Waals surface area contributed by atoms with Crippen LogP contribution < -0.4 is 14.4 Å². The van der Waals surface area contributed by atoms with E-state index in [9.17, 15) is 13.2 Å². The normalized spacial score (nSPS) is 32.2. The highest BCUT2D eigenvalue weighted by molar-refractivity contribution is 7.92. The van der Waals surface area contributed by atoms with Gasteiger partial charge in [-0.2, -0.15) is 0 Å². The van der Waals surface area contributed by atoms with Crippen LogP contribution in [-0.4, -0.2) is 32.5 Å². The highest BCUT2D eigenvalue weighted by atomic mass is 35.5. The van der Waals surface area contributed by atoms with E-state index in [-0.39, 0.29) is 22.9 Å². The predicted molar refractivity (Wildman–Crippen MR) is 126 cm³/mol. The lowest BCUT2D eigenvalue weighted by molar-refractivity contribution is -0.133. The fourth-order valence-corrected chi connectivity index (χ4v) is 8.51. The number of nitrogens with one attached hydrogen (secondary N) is 1. The van der Waals surface area contributed by atoms with Crippen molar-refractivity contribution < 1.29 is 17.9 Å². The van der Waals surface area contributed by atoms with Crippen LogP contribution in [0.2, 0.25) is 5.02 Å². The van der Waals surface area contributed by atoms with Gasteiger partial charge in [-0.1, -0.05) is 23.7 Å². The Morgan fingerprint density at radius 3 is 2.21 bits per heavy atom. The zero-order valence-electron chi connectivity index (χ0n) is 18.2. The summed E-state index contributed by atoms with van der Waals surface area (Å²) >= 11 is 5.96. The van der Waals surface area contributed by atoms with Crippen LogP contribution >= 0.6 is 11.6 Å². The number of hydrogen-bond donors (Lipinski definition) is 1. The average molecular weight is 487 g/mol. The number of halogens is 1. The lowest BCUT2D eigenvalue weighted by Crippen LogP contribution is -2.63. The highest BCUT2D eigenvalue weighted by Gasteiger charge is 2.52. The fourth-order valence-electron chi connectivity index (χ4n) is 6.91. The van der Waals surface area contributed by atoms with Crippen molar-refractivity contribution in [3.63, 3.8) is 0 Å². The van der Waals surface area contributed by atoms with E-state index in [4.69, 9.17) is 16.3 Å². The third kappa shape index (κ3) is 3.69. The van der Waals surface area contributed by atoms with Gasteiger partial charge in [0, 0.05) is 10.6 Å². The zero-order chi connectivity index (χ0) is 22.8. The van der Waals surface area contributed by atoms with E-state index in [1.54, 1.807) is 36.4 Å². The smallest absolute Gasteiger partial charge is 0.264 e. The first kappa shape index (κ1) is 21.3. The van der Waals surface area contributed by atoms with Crippen molar-refractivity contribution in [3.05, 3.63) is 53.6 Å². The maximum atomic E-state index is 13.5. The van der Waals surface area contributed by atoms with Crippen LogP contribution in [0.3, 0.4) is 0 Å². The topological polar surface area (TPSA) is 75.7 Å². The molecule has 1 heterocycles. The number of rotatable bonds is 4. The van der Waals surface area contributed by atoms with Crippen LogP contribution in [0.1, 0.15) is 38.5 Å². The van der Waals surface area contributed by atoms with Crippen LogP contribution in [0.5, 0.6) is 5.75 Å². The first-order valence-electron chi connectivity index (χ1n) is 11.7. The largest absolute Gasteiger partial charge is 0.476 e. The summed E-state index contributed by atoms with van der Waals surface area (Å²) in [5.74, 6) is 2.28. The van der Waals surface area contributed by atoms with Crippen molar-refractivity contribution in [1.82, 2.24) is 5.32 Å². The molecule has 0 spiro atoms. The summed E-state index contributed by atoms with van der Waals surface area (Å²) in [4.78, 5) is 13.6. The monoisotopic (exact) mass is 486 g/mol. The van der Waals surface area contributed by atoms with Gasteiger partial charge in [0.1, 0.15) is 5.75 Å². The van der Waals surface area contributed by atoms with Crippen LogP contribution in [0.4, 0.5) is 5.69 Å². The number of anilines is 1. The minimum Gasteiger partial charge on any atom is -0.476 e. The number of carbonyl (C=O) groups is 1. The standard InChI is InChI=1S/C25H27ClN2O4S/c26-19-5-7-20(8-6-19)33(30,31)28-15-23(32-22-4-2-1-3-21(22)28)24(29)27-25-12-16-9-17(13-25)11-18(10-16)14-25/h1-8,16-18,23H,9-15H2,(H,27,29)/t16?,17?,18?,23-,25?/m1/s1. The van der Waals surface area contributed by atoms with E-state index in [0.717, 1.165) is 19.3 Å². The number of carbonyl (C=O) groups excluding carboxylic acids is 1. The van der Waals surface area contributed by atoms with Gasteiger partial charge < -0.3 is 10.1 Å². The number of sulfonamides is 1. The Labute approximate surface area is 199 Å². The van der Waals surface area contributed by atoms with E-state index in [1.165, 1.54) is 35.7 Å². The van der Waals surface area contributed by atoms with E-state index >= 15 is 0 Å². The van der Waals surface area contributed by atoms with Gasteiger partial charge in [-0.05, 0) is 92.7 Å². The van der Waals surface area contributed by atoms with Crippen LogP contribution in [0.15, 0.2) is 53.4 Å². The first-order valence-corrected chi connectivity index (χ1v) is 13.5. The molecular formula is C25H27ClN2O4S. The van der Waals surface area contributed by atoms with E-state index in [1.807, 2.05) is 0 Å². The molecule has 174 valence electrons. The molecule has 4 saturated carbocycles. The van der Waals surface area contributed by atoms with Crippen molar-refractivity contribution in [2.24, 2.45) is 17.8 Å². The summed E-state index contributed by atoms with van der Waals surface area (Å²) in [5.41, 5.74) is 0.276. The molecule has 33 heavy (non-hydrogen) atoms. The van der Waals surface area contributed by atoms with Gasteiger partial charge >= 0.3 is 0 Å². The van der Waals surface area contributed by atoms with Crippen LogP contribution in [0, 0.1) is 17.8 Å². The number of benzene rings is 2. The summed E-state index contributed by atoms with van der Waals surface area (Å²) in [7, 11) is -3.90. The Hall–Kier alpha value is -2.25. The molecule has 6 nitrogen and oxygen atoms in total. The minimum absolute atomic E-state index is 0.0693. The van der Waals surface area contributed by atoms with E-state index in [2.05, 4.69) is 5.32 Å². The van der Waals surface area contributed by atoms with Crippen LogP contribution in [0.25, 0.3) is 0 Å². The fraction of sp³-hybridized carbons (Fsp3) is 0.480. The first-order chi connectivity index (χ1) is 15.8. The molecule has 7 rings (SSSR count). The third-order valence-corrected chi connectivity index (χ3v) is 9.90. The molecule has 8 heteroatoms. The Morgan fingerprint density at radius 2 is 1.58 bits per heavy atom. The number of hydrogen-bond acceptors (Lipinski definition) is 4. The summed E-state index contributed by atoms with van der Waals surface area (Å²) in [6, 6.07) is 13.0. The molecule has 0 unspecified atom stereocenters. The molecule has 1 amide bonds. The zero-order valence-corrected chi connectivity index (χ0v) is 19.8. The van der Waals surface area contributed by atoms with Gasteiger partial charge in [0.2, 0.25) is 0 Å². The van der Waals surface area contributed by atoms with Crippen molar-refractivity contribution in [2.75, 3.05) is 10.8 Å². The summed E-state index contributed by atoms with van der Waals surface area (Å²) in [6.07, 6.45) is 6.04. The van der Waals surface area contributed by atoms with E-state index in [0.29, 0.717) is 34.2 Å². The number of nitrogens with zero attached hydrogens (tertiary/aromatic N) is 1. The molecule has 1 atom stereocenters. The SMILES string of the molecule is O=C(NC12CC3CC(CC(C3)C1)C2)[C@H]1CN(S(=O)(=O)c2ccc(Cl)cc2)c2ccccc2O1. The second kappa shape index (κ2) is 7.64. The molecule has 1 aliphatic heterocycles. The molecule has 2 aromatic rings. The maximum absolute atomic E-state index is 13.5. The lowest BCUT2D eigenvalue weighted by atomic mass is 9.53. The molecule has 5 aliphatic rings. The van der Waals surface area contributed by atoms with Crippen molar-refractivity contribution in [3.8, 4) is 5.75 Å². The number of para-hydroxylation sites is 2. The van der Waals surface area contributed by atoms with Gasteiger partial charge in [-0.3, -0.25) is 9.10 Å². The Morgan fingerprint density at radius 1 is 0.970 bits per heavy atom. The maximum Gasteiger partial charge on any atom is 0.264 e. The van der Waals surface area contributed by atoms with Gasteiger partial charge in [-0.15, -0.1) is 0 Å². The molecule has 0 saturated heterocycles. The van der Waals surface area contributed by atoms with Crippen molar-refractivity contribution >= 4 is 33.2 Å². The van der Waals surface area contributed by atoms with Crippen LogP contribution in [-0.2, 0) is 14.8 Å². The van der Waals surface area contributed by atoms with Gasteiger partial charge in [0.05, 0.1) is 17.1 Å². The number of amides is 1. The Bertz CT molecular complexity index is 1160. The molecule has 2 aromatic carbocycles. The van der Waals surface area contributed by atoms with E-state index < -0.39 is 16.1 Å².